The Labute approximate surface area is 97.4 Å². The number of imidazole rings is 1. The number of rotatable bonds is 2. The fourth-order valence-electron chi connectivity index (χ4n) is 2.11. The van der Waals surface area contributed by atoms with Gasteiger partial charge in [-0.05, 0) is 31.0 Å². The molecule has 0 bridgehead atoms. The maximum atomic E-state index is 4.68. The lowest BCUT2D eigenvalue weighted by Crippen LogP contribution is -1.99. The van der Waals surface area contributed by atoms with E-state index in [1.165, 1.54) is 24.2 Å². The van der Waals surface area contributed by atoms with Crippen LogP contribution in [0.5, 0.6) is 0 Å². The summed E-state index contributed by atoms with van der Waals surface area (Å²) in [5, 5.41) is 0. The standard InChI is InChI=1S/C12H13BrN2/c1-2-12-14-10-6-3-8(13)7-11(10)15(12)9-4-5-9/h3,6-7,9H,2,4-5H2,1H3. The number of hydrogen-bond acceptors (Lipinski definition) is 1. The molecule has 15 heavy (non-hydrogen) atoms. The van der Waals surface area contributed by atoms with E-state index in [2.05, 4.69) is 50.6 Å². The summed E-state index contributed by atoms with van der Waals surface area (Å²) in [5.41, 5.74) is 2.41. The highest BCUT2D eigenvalue weighted by molar-refractivity contribution is 9.10. The minimum Gasteiger partial charge on any atom is -0.325 e. The number of benzene rings is 1. The SMILES string of the molecule is CCc1nc2ccc(Br)cc2n1C1CC1. The van der Waals surface area contributed by atoms with Crippen LogP contribution in [-0.2, 0) is 6.42 Å². The molecule has 1 heterocycles. The first-order valence-electron chi connectivity index (χ1n) is 5.46. The van der Waals surface area contributed by atoms with Gasteiger partial charge >= 0.3 is 0 Å². The molecule has 1 aromatic heterocycles. The molecule has 1 aliphatic carbocycles. The van der Waals surface area contributed by atoms with Gasteiger partial charge in [-0.3, -0.25) is 0 Å². The van der Waals surface area contributed by atoms with E-state index in [0.717, 1.165) is 16.4 Å². The molecule has 0 N–H and O–H groups in total. The van der Waals surface area contributed by atoms with Crippen molar-refractivity contribution < 1.29 is 0 Å². The van der Waals surface area contributed by atoms with Crippen LogP contribution in [0.3, 0.4) is 0 Å². The van der Waals surface area contributed by atoms with E-state index >= 15 is 0 Å². The molecule has 0 spiro atoms. The summed E-state index contributed by atoms with van der Waals surface area (Å²) in [4.78, 5) is 4.68. The number of aromatic nitrogens is 2. The first kappa shape index (κ1) is 9.40. The van der Waals surface area contributed by atoms with Crippen LogP contribution in [0.1, 0.15) is 31.6 Å². The van der Waals surface area contributed by atoms with Crippen molar-refractivity contribution in [3.05, 3.63) is 28.5 Å². The molecule has 0 radical (unpaired) electrons. The molecule has 0 atom stereocenters. The molecule has 1 aromatic carbocycles. The van der Waals surface area contributed by atoms with Gasteiger partial charge in [0.2, 0.25) is 0 Å². The van der Waals surface area contributed by atoms with Gasteiger partial charge in [0.15, 0.2) is 0 Å². The molecule has 3 rings (SSSR count). The van der Waals surface area contributed by atoms with Crippen molar-refractivity contribution in [1.29, 1.82) is 0 Å². The topological polar surface area (TPSA) is 17.8 Å². The molecule has 1 saturated carbocycles. The normalized spacial score (nSPS) is 16.1. The Morgan fingerprint density at radius 3 is 2.93 bits per heavy atom. The molecule has 78 valence electrons. The van der Waals surface area contributed by atoms with E-state index < -0.39 is 0 Å². The first-order chi connectivity index (χ1) is 7.29. The highest BCUT2D eigenvalue weighted by Crippen LogP contribution is 2.39. The zero-order chi connectivity index (χ0) is 10.4. The molecule has 1 aliphatic rings. The van der Waals surface area contributed by atoms with Gasteiger partial charge in [-0.15, -0.1) is 0 Å². The van der Waals surface area contributed by atoms with Gasteiger partial charge < -0.3 is 4.57 Å². The van der Waals surface area contributed by atoms with Crippen molar-refractivity contribution in [2.45, 2.75) is 32.2 Å². The van der Waals surface area contributed by atoms with Gasteiger partial charge in [0.25, 0.3) is 0 Å². The van der Waals surface area contributed by atoms with Crippen LogP contribution in [0.2, 0.25) is 0 Å². The van der Waals surface area contributed by atoms with E-state index in [1.807, 2.05) is 0 Å². The van der Waals surface area contributed by atoms with Crippen molar-refractivity contribution >= 4 is 27.0 Å². The van der Waals surface area contributed by atoms with Crippen molar-refractivity contribution in [3.63, 3.8) is 0 Å². The number of nitrogens with zero attached hydrogens (tertiary/aromatic N) is 2. The van der Waals surface area contributed by atoms with Crippen LogP contribution in [-0.4, -0.2) is 9.55 Å². The maximum Gasteiger partial charge on any atom is 0.109 e. The number of hydrogen-bond donors (Lipinski definition) is 0. The van der Waals surface area contributed by atoms with Gasteiger partial charge in [0, 0.05) is 16.9 Å². The van der Waals surface area contributed by atoms with Crippen molar-refractivity contribution in [1.82, 2.24) is 9.55 Å². The van der Waals surface area contributed by atoms with Crippen LogP contribution >= 0.6 is 15.9 Å². The lowest BCUT2D eigenvalue weighted by atomic mass is 10.3. The minimum atomic E-state index is 0.708. The Bertz CT molecular complexity index is 512. The quantitative estimate of drug-likeness (QED) is 0.809. The largest absolute Gasteiger partial charge is 0.325 e. The molecule has 2 nitrogen and oxygen atoms in total. The van der Waals surface area contributed by atoms with Crippen LogP contribution in [0.25, 0.3) is 11.0 Å². The summed E-state index contributed by atoms with van der Waals surface area (Å²) < 4.78 is 3.56. The molecule has 0 amide bonds. The van der Waals surface area contributed by atoms with Crippen molar-refractivity contribution in [3.8, 4) is 0 Å². The van der Waals surface area contributed by atoms with Gasteiger partial charge in [-0.25, -0.2) is 4.98 Å². The molecule has 2 aromatic rings. The zero-order valence-corrected chi connectivity index (χ0v) is 10.3. The number of fused-ring (bicyclic) bond motifs is 1. The van der Waals surface area contributed by atoms with Crippen LogP contribution in [0.4, 0.5) is 0 Å². The van der Waals surface area contributed by atoms with Gasteiger partial charge in [0.05, 0.1) is 11.0 Å². The summed E-state index contributed by atoms with van der Waals surface area (Å²) in [5.74, 6) is 1.23. The lowest BCUT2D eigenvalue weighted by molar-refractivity contribution is 0.708. The molecule has 1 fully saturated rings. The third-order valence-corrected chi connectivity index (χ3v) is 3.45. The van der Waals surface area contributed by atoms with E-state index in [9.17, 15) is 0 Å². The second kappa shape index (κ2) is 3.34. The summed E-state index contributed by atoms with van der Waals surface area (Å²) >= 11 is 3.53. The molecule has 0 saturated heterocycles. The summed E-state index contributed by atoms with van der Waals surface area (Å²) in [6.07, 6.45) is 3.64. The third-order valence-electron chi connectivity index (χ3n) is 2.95. The van der Waals surface area contributed by atoms with Crippen molar-refractivity contribution in [2.75, 3.05) is 0 Å². The van der Waals surface area contributed by atoms with E-state index in [0.29, 0.717) is 6.04 Å². The predicted molar refractivity (Wildman–Crippen MR) is 65.1 cm³/mol. The predicted octanol–water partition coefficient (Wildman–Crippen LogP) is 3.70. The van der Waals surface area contributed by atoms with Crippen LogP contribution in [0.15, 0.2) is 22.7 Å². The second-order valence-corrected chi connectivity index (χ2v) is 5.03. The average molecular weight is 265 g/mol. The Morgan fingerprint density at radius 1 is 1.47 bits per heavy atom. The van der Waals surface area contributed by atoms with Gasteiger partial charge in [-0.2, -0.15) is 0 Å². The second-order valence-electron chi connectivity index (χ2n) is 4.12. The van der Waals surface area contributed by atoms with Crippen LogP contribution in [0, 0.1) is 0 Å². The van der Waals surface area contributed by atoms with Gasteiger partial charge in [0.1, 0.15) is 5.82 Å². The van der Waals surface area contributed by atoms with Crippen molar-refractivity contribution in [2.24, 2.45) is 0 Å². The Balaban J connectivity index is 2.30. The van der Waals surface area contributed by atoms with E-state index in [-0.39, 0.29) is 0 Å². The third kappa shape index (κ3) is 1.49. The van der Waals surface area contributed by atoms with E-state index in [4.69, 9.17) is 0 Å². The Kier molecular flexibility index (Phi) is 2.09. The fraction of sp³-hybridized carbons (Fsp3) is 0.417. The molecule has 3 heteroatoms. The van der Waals surface area contributed by atoms with Gasteiger partial charge in [-0.1, -0.05) is 22.9 Å². The highest BCUT2D eigenvalue weighted by atomic mass is 79.9. The highest BCUT2D eigenvalue weighted by Gasteiger charge is 2.27. The van der Waals surface area contributed by atoms with E-state index in [1.54, 1.807) is 0 Å². The molecule has 0 unspecified atom stereocenters. The summed E-state index contributed by atoms with van der Waals surface area (Å²) in [6.45, 7) is 2.18. The minimum absolute atomic E-state index is 0.708. The smallest absolute Gasteiger partial charge is 0.109 e. The zero-order valence-electron chi connectivity index (χ0n) is 8.70. The Hall–Kier alpha value is -0.830. The fourth-order valence-corrected chi connectivity index (χ4v) is 2.45. The summed E-state index contributed by atoms with van der Waals surface area (Å²) in [6, 6.07) is 7.04. The monoisotopic (exact) mass is 264 g/mol. The first-order valence-corrected chi connectivity index (χ1v) is 6.25. The summed E-state index contributed by atoms with van der Waals surface area (Å²) in [7, 11) is 0. The molecular weight excluding hydrogens is 252 g/mol. The molecular formula is C12H13BrN2. The number of halogens is 1. The Morgan fingerprint density at radius 2 is 2.27 bits per heavy atom. The van der Waals surface area contributed by atoms with Crippen LogP contribution < -0.4 is 0 Å². The lowest BCUT2D eigenvalue weighted by Gasteiger charge is -2.05. The number of aryl methyl sites for hydroxylation is 1. The average Bonchev–Trinajstić information content (AvgIpc) is 2.99. The molecule has 0 aliphatic heterocycles. The maximum absolute atomic E-state index is 4.68.